The number of allylic oxidation sites excluding steroid dienone is 1. The van der Waals surface area contributed by atoms with Gasteiger partial charge in [-0.15, -0.1) is 0 Å². The molecule has 3 aliphatic rings. The molecule has 0 amide bonds. The lowest BCUT2D eigenvalue weighted by molar-refractivity contribution is -0.170. The van der Waals surface area contributed by atoms with Crippen molar-refractivity contribution < 1.29 is 23.7 Å². The molecular formula is C17H24O5. The van der Waals surface area contributed by atoms with E-state index in [4.69, 9.17) is 18.9 Å². The van der Waals surface area contributed by atoms with E-state index in [1.807, 2.05) is 20.8 Å². The number of methoxy groups -OCH3 is 2. The summed E-state index contributed by atoms with van der Waals surface area (Å²) >= 11 is 0. The minimum atomic E-state index is -0.928. The Hall–Kier alpha value is -1.01. The molecule has 1 spiro atoms. The van der Waals surface area contributed by atoms with E-state index in [0.29, 0.717) is 12.8 Å². The molecule has 0 radical (unpaired) electrons. The normalized spacial score (nSPS) is 36.0. The van der Waals surface area contributed by atoms with Gasteiger partial charge in [0.15, 0.2) is 11.6 Å². The molecule has 1 fully saturated rings. The molecule has 22 heavy (non-hydrogen) atoms. The fourth-order valence-corrected chi connectivity index (χ4v) is 4.02. The molecule has 1 saturated heterocycles. The maximum Gasteiger partial charge on any atom is 0.211 e. The van der Waals surface area contributed by atoms with Crippen LogP contribution in [0.3, 0.4) is 0 Å². The van der Waals surface area contributed by atoms with Crippen LogP contribution in [-0.2, 0) is 23.7 Å². The zero-order chi connectivity index (χ0) is 16.2. The van der Waals surface area contributed by atoms with Crippen molar-refractivity contribution in [3.05, 3.63) is 23.3 Å². The predicted molar refractivity (Wildman–Crippen MR) is 80.2 cm³/mol. The molecule has 5 heteroatoms. The van der Waals surface area contributed by atoms with E-state index in [1.165, 1.54) is 6.08 Å². The van der Waals surface area contributed by atoms with Crippen molar-refractivity contribution in [3.63, 3.8) is 0 Å². The first-order valence-electron chi connectivity index (χ1n) is 7.72. The van der Waals surface area contributed by atoms with E-state index < -0.39 is 17.2 Å². The molecule has 0 N–H and O–H groups in total. The lowest BCUT2D eigenvalue weighted by atomic mass is 9.72. The number of hydrogen-bond acceptors (Lipinski definition) is 5. The summed E-state index contributed by atoms with van der Waals surface area (Å²) in [5.74, 6) is -1.53. The van der Waals surface area contributed by atoms with Crippen molar-refractivity contribution in [1.29, 1.82) is 0 Å². The van der Waals surface area contributed by atoms with Crippen molar-refractivity contribution in [3.8, 4) is 0 Å². The third kappa shape index (κ3) is 2.19. The number of rotatable bonds is 2. The summed E-state index contributed by atoms with van der Waals surface area (Å²) in [6.45, 7) is 5.85. The van der Waals surface area contributed by atoms with Crippen LogP contribution >= 0.6 is 0 Å². The van der Waals surface area contributed by atoms with Crippen LogP contribution in [0.2, 0.25) is 0 Å². The van der Waals surface area contributed by atoms with Gasteiger partial charge in [0, 0.05) is 31.8 Å². The number of ketones is 1. The molecule has 0 aromatic heterocycles. The molecule has 0 aromatic carbocycles. The zero-order valence-electron chi connectivity index (χ0n) is 13.9. The van der Waals surface area contributed by atoms with Crippen molar-refractivity contribution >= 4 is 5.78 Å². The first-order chi connectivity index (χ1) is 10.3. The van der Waals surface area contributed by atoms with Crippen LogP contribution in [-0.4, -0.2) is 43.3 Å². The topological polar surface area (TPSA) is 54.0 Å². The molecule has 1 aliphatic heterocycles. The minimum absolute atomic E-state index is 0.0132. The standard InChI is InChI=1S/C17H24O5/c1-11-16(22-15(2,3)21-11)8-6-13-12(10-16)14(18)7-9-17(13,19-4)20-5/h7,9,11H,6,8,10H2,1-5H3/t11-,16-/m1/s1. The molecule has 1 heterocycles. The fraction of sp³-hybridized carbons (Fsp3) is 0.706. The first kappa shape index (κ1) is 15.9. The molecule has 2 atom stereocenters. The zero-order valence-corrected chi connectivity index (χ0v) is 13.9. The molecule has 0 aromatic rings. The van der Waals surface area contributed by atoms with E-state index >= 15 is 0 Å². The molecule has 122 valence electrons. The van der Waals surface area contributed by atoms with Gasteiger partial charge < -0.3 is 18.9 Å². The molecule has 0 saturated carbocycles. The van der Waals surface area contributed by atoms with E-state index in [-0.39, 0.29) is 11.9 Å². The van der Waals surface area contributed by atoms with Crippen molar-refractivity contribution in [2.75, 3.05) is 14.2 Å². The Kier molecular flexibility index (Phi) is 3.60. The summed E-state index contributed by atoms with van der Waals surface area (Å²) < 4.78 is 23.3. The van der Waals surface area contributed by atoms with Gasteiger partial charge in [-0.05, 0) is 45.8 Å². The SMILES string of the molecule is COC1(OC)C=CC(=O)C2=C1CC[C@]1(C2)OC(C)(C)O[C@@H]1C. The molecule has 0 unspecified atom stereocenters. The highest BCUT2D eigenvalue weighted by molar-refractivity contribution is 6.06. The van der Waals surface area contributed by atoms with Crippen molar-refractivity contribution in [1.82, 2.24) is 0 Å². The van der Waals surface area contributed by atoms with E-state index in [9.17, 15) is 4.79 Å². The Labute approximate surface area is 131 Å². The van der Waals surface area contributed by atoms with Gasteiger partial charge >= 0.3 is 0 Å². The Morgan fingerprint density at radius 2 is 1.95 bits per heavy atom. The summed E-state index contributed by atoms with van der Waals surface area (Å²) in [5.41, 5.74) is 1.21. The number of carbonyl (C=O) groups is 1. The Balaban J connectivity index is 1.99. The molecule has 0 bridgehead atoms. The van der Waals surface area contributed by atoms with Crippen LogP contribution < -0.4 is 0 Å². The highest BCUT2D eigenvalue weighted by Gasteiger charge is 2.55. The number of carbonyl (C=O) groups excluding carboxylic acids is 1. The van der Waals surface area contributed by atoms with Crippen LogP contribution in [0.25, 0.3) is 0 Å². The summed E-state index contributed by atoms with van der Waals surface area (Å²) in [5, 5.41) is 0. The van der Waals surface area contributed by atoms with Gasteiger partial charge in [0.2, 0.25) is 5.79 Å². The lowest BCUT2D eigenvalue weighted by Gasteiger charge is -2.43. The quantitative estimate of drug-likeness (QED) is 0.734. The van der Waals surface area contributed by atoms with Gasteiger partial charge in [-0.2, -0.15) is 0 Å². The summed E-state index contributed by atoms with van der Waals surface area (Å²) in [7, 11) is 3.19. The fourth-order valence-electron chi connectivity index (χ4n) is 4.02. The Bertz CT molecular complexity index is 555. The second kappa shape index (κ2) is 4.99. The maximum atomic E-state index is 12.4. The van der Waals surface area contributed by atoms with Gasteiger partial charge in [0.05, 0.1) is 6.10 Å². The van der Waals surface area contributed by atoms with Crippen molar-refractivity contribution in [2.24, 2.45) is 0 Å². The number of hydrogen-bond donors (Lipinski definition) is 0. The van der Waals surface area contributed by atoms with Crippen LogP contribution in [0.4, 0.5) is 0 Å². The van der Waals surface area contributed by atoms with E-state index in [0.717, 1.165) is 17.6 Å². The van der Waals surface area contributed by atoms with Gasteiger partial charge in [-0.1, -0.05) is 0 Å². The molecule has 3 rings (SSSR count). The van der Waals surface area contributed by atoms with E-state index in [1.54, 1.807) is 20.3 Å². The van der Waals surface area contributed by atoms with Crippen molar-refractivity contribution in [2.45, 2.75) is 63.3 Å². The predicted octanol–water partition coefficient (Wildman–Crippen LogP) is 2.51. The Morgan fingerprint density at radius 3 is 2.50 bits per heavy atom. The summed E-state index contributed by atoms with van der Waals surface area (Å²) in [4.78, 5) is 12.4. The summed E-state index contributed by atoms with van der Waals surface area (Å²) in [6, 6.07) is 0. The first-order valence-corrected chi connectivity index (χ1v) is 7.72. The largest absolute Gasteiger partial charge is 0.346 e. The lowest BCUT2D eigenvalue weighted by Crippen LogP contribution is -2.47. The average molecular weight is 308 g/mol. The van der Waals surface area contributed by atoms with Crippen LogP contribution in [0.15, 0.2) is 23.3 Å². The monoisotopic (exact) mass is 308 g/mol. The van der Waals surface area contributed by atoms with E-state index in [2.05, 4.69) is 0 Å². The third-order valence-electron chi connectivity index (χ3n) is 5.07. The number of ether oxygens (including phenoxy) is 4. The minimum Gasteiger partial charge on any atom is -0.346 e. The smallest absolute Gasteiger partial charge is 0.211 e. The van der Waals surface area contributed by atoms with Gasteiger partial charge in [-0.25, -0.2) is 0 Å². The summed E-state index contributed by atoms with van der Waals surface area (Å²) in [6.07, 6.45) is 5.19. The molecule has 5 nitrogen and oxygen atoms in total. The van der Waals surface area contributed by atoms with Crippen LogP contribution in [0.1, 0.15) is 40.0 Å². The van der Waals surface area contributed by atoms with Crippen LogP contribution in [0, 0.1) is 0 Å². The molecule has 2 aliphatic carbocycles. The maximum absolute atomic E-state index is 12.4. The third-order valence-corrected chi connectivity index (χ3v) is 5.07. The average Bonchev–Trinajstić information content (AvgIpc) is 2.69. The van der Waals surface area contributed by atoms with Gasteiger partial charge in [-0.3, -0.25) is 4.79 Å². The molecular weight excluding hydrogens is 284 g/mol. The van der Waals surface area contributed by atoms with Gasteiger partial charge in [0.1, 0.15) is 5.60 Å². The second-order valence-electron chi connectivity index (χ2n) is 6.73. The van der Waals surface area contributed by atoms with Crippen LogP contribution in [0.5, 0.6) is 0 Å². The second-order valence-corrected chi connectivity index (χ2v) is 6.73. The Morgan fingerprint density at radius 1 is 1.27 bits per heavy atom. The highest BCUT2D eigenvalue weighted by atomic mass is 16.8. The highest BCUT2D eigenvalue weighted by Crippen LogP contribution is 2.50. The van der Waals surface area contributed by atoms with Gasteiger partial charge in [0.25, 0.3) is 0 Å².